The number of benzene rings is 1. The molecule has 1 unspecified atom stereocenters. The number of nitrogens with one attached hydrogen (secondary N) is 1. The van der Waals surface area contributed by atoms with Crippen LogP contribution in [0.1, 0.15) is 50.1 Å². The van der Waals surface area contributed by atoms with Gasteiger partial charge in [0.1, 0.15) is 18.6 Å². The van der Waals surface area contributed by atoms with E-state index in [-0.39, 0.29) is 24.5 Å². The normalized spacial score (nSPS) is 18.7. The van der Waals surface area contributed by atoms with Gasteiger partial charge in [-0.1, -0.05) is 6.07 Å². The Morgan fingerprint density at radius 3 is 2.97 bits per heavy atom. The Labute approximate surface area is 189 Å². The van der Waals surface area contributed by atoms with Crippen molar-refractivity contribution in [3.63, 3.8) is 0 Å². The quantitative estimate of drug-likeness (QED) is 0.518. The first-order chi connectivity index (χ1) is 16.0. The highest BCUT2D eigenvalue weighted by atomic mass is 16.5. The second-order valence-corrected chi connectivity index (χ2v) is 8.27. The third-order valence-electron chi connectivity index (χ3n) is 6.20. The third-order valence-corrected chi connectivity index (χ3v) is 6.20. The molecule has 0 radical (unpaired) electrons. The van der Waals surface area contributed by atoms with Crippen molar-refractivity contribution in [3.05, 3.63) is 64.7 Å². The van der Waals surface area contributed by atoms with E-state index in [1.807, 2.05) is 6.92 Å². The first-order valence-corrected chi connectivity index (χ1v) is 10.7. The van der Waals surface area contributed by atoms with E-state index in [0.29, 0.717) is 30.0 Å². The van der Waals surface area contributed by atoms with Crippen LogP contribution in [0.2, 0.25) is 0 Å². The number of tetrazole rings is 1. The number of hydrogen-bond acceptors (Lipinski definition) is 9. The largest absolute Gasteiger partial charge is 0.457 e. The molecule has 1 saturated heterocycles. The molecule has 5 rings (SSSR count). The molecule has 2 aliphatic heterocycles. The monoisotopic (exact) mass is 449 g/mol. The summed E-state index contributed by atoms with van der Waals surface area (Å²) in [6.07, 6.45) is 3.09. The Morgan fingerprint density at radius 1 is 1.33 bits per heavy atom. The minimum absolute atomic E-state index is 0.0298. The number of hydrogen-bond donors (Lipinski definition) is 2. The first-order valence-electron chi connectivity index (χ1n) is 10.7. The van der Waals surface area contributed by atoms with Crippen molar-refractivity contribution in [1.29, 1.82) is 0 Å². The van der Waals surface area contributed by atoms with Gasteiger partial charge in [-0.25, -0.2) is 9.78 Å². The summed E-state index contributed by atoms with van der Waals surface area (Å²) in [5.74, 6) is -0.559. The number of aliphatic hydroxyl groups excluding tert-OH is 1. The molecule has 0 aliphatic carbocycles. The Bertz CT molecular complexity index is 1180. The van der Waals surface area contributed by atoms with Crippen LogP contribution in [-0.2, 0) is 11.3 Å². The summed E-state index contributed by atoms with van der Waals surface area (Å²) in [7, 11) is 0. The number of carbonyl (C=O) groups excluding carboxylic acids is 2. The first kappa shape index (κ1) is 21.2. The number of aliphatic hydroxyl groups is 1. The average molecular weight is 449 g/mol. The number of β-amino-alcohol motifs (C(OH)–C–C–N with tert-alkyl or cyclic N) is 1. The van der Waals surface area contributed by atoms with E-state index >= 15 is 0 Å². The zero-order chi connectivity index (χ0) is 22.9. The molecule has 2 aliphatic rings. The van der Waals surface area contributed by atoms with Crippen LogP contribution in [0.4, 0.5) is 0 Å². The van der Waals surface area contributed by atoms with Gasteiger partial charge in [0.05, 0.1) is 23.6 Å². The van der Waals surface area contributed by atoms with Gasteiger partial charge in [-0.05, 0) is 53.1 Å². The molecule has 11 heteroatoms. The topological polar surface area (TPSA) is 135 Å². The standard InChI is InChI=1S/C22H23N7O4/c1-13-16(3-4-17-18(13)11-33-22(17)32)20(30)10-28-7-6-14(9-28)25-21(31)19-5-2-15(8-23-19)29-12-24-26-27-29/h2-5,8,12,14,20,30H,6-7,9-11H2,1H3,(H,25,31)/t14-,20?/m0/s1. The number of aromatic nitrogens is 5. The van der Waals surface area contributed by atoms with Gasteiger partial charge in [-0.2, -0.15) is 4.68 Å². The van der Waals surface area contributed by atoms with Gasteiger partial charge in [0.15, 0.2) is 0 Å². The maximum Gasteiger partial charge on any atom is 0.338 e. The molecule has 2 aromatic heterocycles. The Hall–Kier alpha value is -3.70. The number of cyclic esters (lactones) is 1. The molecule has 33 heavy (non-hydrogen) atoms. The maximum atomic E-state index is 12.6. The molecule has 2 atom stereocenters. The lowest BCUT2D eigenvalue weighted by molar-refractivity contribution is 0.0534. The lowest BCUT2D eigenvalue weighted by Gasteiger charge is -2.22. The molecule has 170 valence electrons. The van der Waals surface area contributed by atoms with Crippen LogP contribution in [0.3, 0.4) is 0 Å². The summed E-state index contributed by atoms with van der Waals surface area (Å²) in [5.41, 5.74) is 4.09. The van der Waals surface area contributed by atoms with Gasteiger partial charge >= 0.3 is 5.97 Å². The summed E-state index contributed by atoms with van der Waals surface area (Å²) in [4.78, 5) is 30.7. The fourth-order valence-electron chi connectivity index (χ4n) is 4.38. The number of pyridine rings is 1. The summed E-state index contributed by atoms with van der Waals surface area (Å²) in [6, 6.07) is 6.85. The van der Waals surface area contributed by atoms with E-state index in [2.05, 4.69) is 30.7 Å². The highest BCUT2D eigenvalue weighted by molar-refractivity contribution is 5.94. The van der Waals surface area contributed by atoms with Crippen molar-refractivity contribution in [3.8, 4) is 5.69 Å². The van der Waals surface area contributed by atoms with E-state index in [0.717, 1.165) is 29.7 Å². The van der Waals surface area contributed by atoms with E-state index in [9.17, 15) is 14.7 Å². The average Bonchev–Trinajstić information content (AvgIpc) is 3.57. The number of esters is 1. The van der Waals surface area contributed by atoms with Gasteiger partial charge in [0.2, 0.25) is 0 Å². The number of amides is 1. The summed E-state index contributed by atoms with van der Waals surface area (Å²) >= 11 is 0. The molecule has 2 N–H and O–H groups in total. The molecule has 1 amide bonds. The minimum atomic E-state index is -0.694. The molecule has 3 aromatic rings. The molecule has 4 heterocycles. The van der Waals surface area contributed by atoms with Crippen LogP contribution in [-0.4, -0.2) is 72.8 Å². The fourth-order valence-corrected chi connectivity index (χ4v) is 4.38. The van der Waals surface area contributed by atoms with Crippen molar-refractivity contribution in [2.75, 3.05) is 19.6 Å². The molecule has 0 spiro atoms. The summed E-state index contributed by atoms with van der Waals surface area (Å²) in [6.45, 7) is 4.00. The number of likely N-dealkylation sites (tertiary alicyclic amines) is 1. The highest BCUT2D eigenvalue weighted by Crippen LogP contribution is 2.29. The third kappa shape index (κ3) is 4.20. The molecule has 1 aromatic carbocycles. The fraction of sp³-hybridized carbons (Fsp3) is 0.364. The molecular weight excluding hydrogens is 426 g/mol. The van der Waals surface area contributed by atoms with Crippen LogP contribution in [0.5, 0.6) is 0 Å². The van der Waals surface area contributed by atoms with Crippen molar-refractivity contribution in [2.24, 2.45) is 0 Å². The van der Waals surface area contributed by atoms with Crippen molar-refractivity contribution >= 4 is 11.9 Å². The summed E-state index contributed by atoms with van der Waals surface area (Å²) < 4.78 is 6.56. The van der Waals surface area contributed by atoms with Crippen molar-refractivity contribution < 1.29 is 19.4 Å². The predicted octanol–water partition coefficient (Wildman–Crippen LogP) is 0.574. The van der Waals surface area contributed by atoms with E-state index < -0.39 is 6.10 Å². The van der Waals surface area contributed by atoms with Gasteiger partial charge in [-0.3, -0.25) is 9.69 Å². The Kier molecular flexibility index (Phi) is 5.56. The van der Waals surface area contributed by atoms with Gasteiger partial charge in [0.25, 0.3) is 5.91 Å². The van der Waals surface area contributed by atoms with Crippen LogP contribution < -0.4 is 5.32 Å². The summed E-state index contributed by atoms with van der Waals surface area (Å²) in [5, 5.41) is 24.8. The van der Waals surface area contributed by atoms with Crippen LogP contribution in [0, 0.1) is 6.92 Å². The zero-order valence-corrected chi connectivity index (χ0v) is 18.0. The number of rotatable bonds is 6. The lowest BCUT2D eigenvalue weighted by atomic mass is 9.95. The lowest BCUT2D eigenvalue weighted by Crippen LogP contribution is -2.38. The SMILES string of the molecule is Cc1c(C(O)CN2CC[C@H](NC(=O)c3ccc(-n4cnnn4)cn3)C2)ccc2c1COC2=O. The highest BCUT2D eigenvalue weighted by Gasteiger charge is 2.29. The predicted molar refractivity (Wildman–Crippen MR) is 115 cm³/mol. The minimum Gasteiger partial charge on any atom is -0.457 e. The van der Waals surface area contributed by atoms with Crippen molar-refractivity contribution in [2.45, 2.75) is 32.1 Å². The Balaban J connectivity index is 1.17. The van der Waals surface area contributed by atoms with E-state index in [1.54, 1.807) is 30.5 Å². The van der Waals surface area contributed by atoms with Crippen LogP contribution in [0.15, 0.2) is 36.8 Å². The molecular formula is C22H23N7O4. The van der Waals surface area contributed by atoms with Crippen LogP contribution in [0.25, 0.3) is 5.69 Å². The number of fused-ring (bicyclic) bond motifs is 1. The smallest absolute Gasteiger partial charge is 0.338 e. The van der Waals surface area contributed by atoms with E-state index in [4.69, 9.17) is 4.74 Å². The van der Waals surface area contributed by atoms with Crippen molar-refractivity contribution in [1.82, 2.24) is 35.4 Å². The van der Waals surface area contributed by atoms with Crippen LogP contribution >= 0.6 is 0 Å². The molecule has 0 saturated carbocycles. The number of carbonyl (C=O) groups is 2. The molecule has 0 bridgehead atoms. The number of nitrogens with zero attached hydrogens (tertiary/aromatic N) is 6. The van der Waals surface area contributed by atoms with E-state index in [1.165, 1.54) is 11.0 Å². The number of ether oxygens (including phenoxy) is 1. The zero-order valence-electron chi connectivity index (χ0n) is 18.0. The Morgan fingerprint density at radius 2 is 2.21 bits per heavy atom. The molecule has 1 fully saturated rings. The second kappa shape index (κ2) is 8.68. The maximum absolute atomic E-state index is 12.6. The van der Waals surface area contributed by atoms with Gasteiger partial charge < -0.3 is 15.2 Å². The second-order valence-electron chi connectivity index (χ2n) is 8.27. The molecule has 11 nitrogen and oxygen atoms in total. The van der Waals surface area contributed by atoms with Gasteiger partial charge in [-0.15, -0.1) is 5.10 Å². The van der Waals surface area contributed by atoms with Gasteiger partial charge in [0, 0.05) is 31.2 Å².